The fourth-order valence-electron chi connectivity index (χ4n) is 1.85. The van der Waals surface area contributed by atoms with Crippen molar-refractivity contribution < 1.29 is 4.79 Å². The number of carbonyl (C=O) groups excluding carboxylic acids is 1. The number of aliphatic imine (C=N–C) groups is 1. The number of nitrogens with one attached hydrogen (secondary N) is 1. The van der Waals surface area contributed by atoms with Crippen LogP contribution in [0, 0.1) is 0 Å². The Hall–Kier alpha value is -1.55. The maximum Gasteiger partial charge on any atom is 0.323 e. The van der Waals surface area contributed by atoms with Crippen LogP contribution < -0.4 is 5.32 Å². The second-order valence-corrected chi connectivity index (χ2v) is 4.54. The van der Waals surface area contributed by atoms with Gasteiger partial charge in [-0.25, -0.2) is 4.79 Å². The molecule has 0 aliphatic carbocycles. The number of halogens is 1. The molecule has 0 atom stereocenters. The highest BCUT2D eigenvalue weighted by Crippen LogP contribution is 2.16. The van der Waals surface area contributed by atoms with Crippen LogP contribution in [0.1, 0.15) is 18.9 Å². The number of nitrogens with zero attached hydrogens (tertiary/aromatic N) is 2. The summed E-state index contributed by atoms with van der Waals surface area (Å²) in [6.07, 6.45) is 0.920. The highest BCUT2D eigenvalue weighted by molar-refractivity contribution is 6.31. The van der Waals surface area contributed by atoms with Crippen molar-refractivity contribution in [2.75, 3.05) is 19.6 Å². The Bertz CT molecular complexity index is 473. The predicted octanol–water partition coefficient (Wildman–Crippen LogP) is 2.52. The van der Waals surface area contributed by atoms with Crippen molar-refractivity contribution in [3.63, 3.8) is 0 Å². The highest BCUT2D eigenvalue weighted by atomic mass is 35.5. The van der Waals surface area contributed by atoms with E-state index in [1.165, 1.54) is 0 Å². The number of benzene rings is 1. The van der Waals surface area contributed by atoms with Crippen LogP contribution >= 0.6 is 11.6 Å². The monoisotopic (exact) mass is 265 g/mol. The summed E-state index contributed by atoms with van der Waals surface area (Å²) in [5.74, 6) is 0.700. The third-order valence-corrected chi connectivity index (χ3v) is 2.93. The minimum absolute atomic E-state index is 0.0897. The Morgan fingerprint density at radius 2 is 2.39 bits per heavy atom. The molecule has 0 radical (unpaired) electrons. The SMILES string of the molecule is CCCNC(=O)N1CCN=C1c1cccc(Cl)c1. The Labute approximate surface area is 112 Å². The Morgan fingerprint density at radius 1 is 1.56 bits per heavy atom. The first-order valence-electron chi connectivity index (χ1n) is 6.08. The second kappa shape index (κ2) is 5.87. The maximum absolute atomic E-state index is 12.0. The van der Waals surface area contributed by atoms with E-state index >= 15 is 0 Å². The molecule has 0 saturated heterocycles. The van der Waals surface area contributed by atoms with Crippen LogP contribution in [0.5, 0.6) is 0 Å². The number of hydrogen-bond acceptors (Lipinski definition) is 2. The van der Waals surface area contributed by atoms with E-state index in [0.29, 0.717) is 30.5 Å². The van der Waals surface area contributed by atoms with E-state index in [0.717, 1.165) is 12.0 Å². The molecule has 1 heterocycles. The highest BCUT2D eigenvalue weighted by Gasteiger charge is 2.24. The summed E-state index contributed by atoms with van der Waals surface area (Å²) in [5.41, 5.74) is 0.881. The molecule has 2 rings (SSSR count). The Kier molecular flexibility index (Phi) is 4.20. The summed E-state index contributed by atoms with van der Waals surface area (Å²) in [6, 6.07) is 7.32. The molecular formula is C13H16ClN3O. The fourth-order valence-corrected chi connectivity index (χ4v) is 2.04. The molecule has 2 amide bonds. The summed E-state index contributed by atoms with van der Waals surface area (Å²) in [4.78, 5) is 18.0. The molecule has 0 bridgehead atoms. The van der Waals surface area contributed by atoms with Crippen LogP contribution in [0.2, 0.25) is 5.02 Å². The predicted molar refractivity (Wildman–Crippen MR) is 73.3 cm³/mol. The number of carbonyl (C=O) groups is 1. The second-order valence-electron chi connectivity index (χ2n) is 4.10. The molecule has 1 N–H and O–H groups in total. The fraction of sp³-hybridized carbons (Fsp3) is 0.385. The molecule has 1 aromatic rings. The van der Waals surface area contributed by atoms with Crippen LogP contribution in [0.15, 0.2) is 29.3 Å². The summed E-state index contributed by atoms with van der Waals surface area (Å²) < 4.78 is 0. The van der Waals surface area contributed by atoms with Gasteiger partial charge in [-0.2, -0.15) is 0 Å². The third kappa shape index (κ3) is 2.82. The van der Waals surface area contributed by atoms with E-state index < -0.39 is 0 Å². The lowest BCUT2D eigenvalue weighted by atomic mass is 10.2. The van der Waals surface area contributed by atoms with E-state index in [1.54, 1.807) is 4.90 Å². The van der Waals surface area contributed by atoms with Crippen LogP contribution in [-0.4, -0.2) is 36.4 Å². The minimum atomic E-state index is -0.0897. The van der Waals surface area contributed by atoms with Crippen molar-refractivity contribution in [1.29, 1.82) is 0 Å². The lowest BCUT2D eigenvalue weighted by Gasteiger charge is -2.19. The van der Waals surface area contributed by atoms with Gasteiger partial charge in [-0.15, -0.1) is 0 Å². The largest absolute Gasteiger partial charge is 0.338 e. The lowest BCUT2D eigenvalue weighted by Crippen LogP contribution is -2.42. The van der Waals surface area contributed by atoms with Crippen LogP contribution in [0.3, 0.4) is 0 Å². The molecular weight excluding hydrogens is 250 g/mol. The average Bonchev–Trinajstić information content (AvgIpc) is 2.85. The van der Waals surface area contributed by atoms with Crippen LogP contribution in [0.25, 0.3) is 0 Å². The van der Waals surface area contributed by atoms with Gasteiger partial charge >= 0.3 is 6.03 Å². The van der Waals surface area contributed by atoms with Gasteiger partial charge in [0.2, 0.25) is 0 Å². The van der Waals surface area contributed by atoms with Crippen molar-refractivity contribution in [2.45, 2.75) is 13.3 Å². The van der Waals surface area contributed by atoms with Crippen molar-refractivity contribution in [3.05, 3.63) is 34.9 Å². The van der Waals surface area contributed by atoms with Crippen molar-refractivity contribution in [2.24, 2.45) is 4.99 Å². The Morgan fingerprint density at radius 3 is 3.11 bits per heavy atom. The van der Waals surface area contributed by atoms with Gasteiger partial charge < -0.3 is 5.32 Å². The number of amidine groups is 1. The summed E-state index contributed by atoms with van der Waals surface area (Å²) in [7, 11) is 0. The molecule has 18 heavy (non-hydrogen) atoms. The van der Waals surface area contributed by atoms with Gasteiger partial charge in [0.15, 0.2) is 0 Å². The maximum atomic E-state index is 12.0. The molecule has 4 nitrogen and oxygen atoms in total. The van der Waals surface area contributed by atoms with Crippen molar-refractivity contribution in [3.8, 4) is 0 Å². The normalized spacial score (nSPS) is 14.6. The summed E-state index contributed by atoms with van der Waals surface area (Å²) in [5, 5.41) is 3.51. The topological polar surface area (TPSA) is 44.7 Å². The molecule has 0 unspecified atom stereocenters. The summed E-state index contributed by atoms with van der Waals surface area (Å²) >= 11 is 5.96. The first-order chi connectivity index (χ1) is 8.72. The zero-order valence-electron chi connectivity index (χ0n) is 10.3. The first kappa shape index (κ1) is 12.9. The molecule has 96 valence electrons. The minimum Gasteiger partial charge on any atom is -0.338 e. The molecule has 1 aromatic carbocycles. The van der Waals surface area contributed by atoms with Gasteiger partial charge in [-0.3, -0.25) is 9.89 Å². The van der Waals surface area contributed by atoms with Crippen LogP contribution in [-0.2, 0) is 0 Å². The van der Waals surface area contributed by atoms with Crippen LogP contribution in [0.4, 0.5) is 4.79 Å². The average molecular weight is 266 g/mol. The van der Waals surface area contributed by atoms with Gasteiger partial charge in [0.05, 0.1) is 6.54 Å². The molecule has 1 aliphatic rings. The smallest absolute Gasteiger partial charge is 0.323 e. The first-order valence-corrected chi connectivity index (χ1v) is 6.46. The number of rotatable bonds is 3. The van der Waals surface area contributed by atoms with Crippen molar-refractivity contribution in [1.82, 2.24) is 10.2 Å². The molecule has 0 spiro atoms. The molecule has 1 aliphatic heterocycles. The van der Waals surface area contributed by atoms with E-state index in [2.05, 4.69) is 10.3 Å². The van der Waals surface area contributed by atoms with Gasteiger partial charge in [0, 0.05) is 23.7 Å². The number of urea groups is 1. The standard InChI is InChI=1S/C13H16ClN3O/c1-2-6-16-13(18)17-8-7-15-12(17)10-4-3-5-11(14)9-10/h3-5,9H,2,6-8H2,1H3,(H,16,18). The lowest BCUT2D eigenvalue weighted by molar-refractivity contribution is 0.223. The van der Waals surface area contributed by atoms with Gasteiger partial charge in [0.1, 0.15) is 5.84 Å². The molecule has 0 aromatic heterocycles. The molecule has 0 fully saturated rings. The zero-order valence-corrected chi connectivity index (χ0v) is 11.1. The van der Waals surface area contributed by atoms with E-state index in [1.807, 2.05) is 31.2 Å². The summed E-state index contributed by atoms with van der Waals surface area (Å²) in [6.45, 7) is 3.97. The molecule has 5 heteroatoms. The number of amides is 2. The van der Waals surface area contributed by atoms with Gasteiger partial charge in [-0.05, 0) is 18.6 Å². The quantitative estimate of drug-likeness (QED) is 0.897. The zero-order chi connectivity index (χ0) is 13.0. The Balaban J connectivity index is 2.15. The van der Waals surface area contributed by atoms with Crippen molar-refractivity contribution >= 4 is 23.5 Å². The van der Waals surface area contributed by atoms with Gasteiger partial charge in [-0.1, -0.05) is 30.7 Å². The third-order valence-electron chi connectivity index (χ3n) is 2.70. The van der Waals surface area contributed by atoms with Gasteiger partial charge in [0.25, 0.3) is 0 Å². The number of hydrogen-bond donors (Lipinski definition) is 1. The van der Waals surface area contributed by atoms with E-state index in [9.17, 15) is 4.79 Å². The van der Waals surface area contributed by atoms with E-state index in [4.69, 9.17) is 11.6 Å². The van der Waals surface area contributed by atoms with E-state index in [-0.39, 0.29) is 6.03 Å². The molecule has 0 saturated carbocycles.